The predicted octanol–water partition coefficient (Wildman–Crippen LogP) is 18.9. The molecule has 5 N–H and O–H groups in total. The summed E-state index contributed by atoms with van der Waals surface area (Å²) in [5, 5.41) is 30.1. The van der Waals surface area contributed by atoms with Gasteiger partial charge in [-0.2, -0.15) is 44.9 Å². The van der Waals surface area contributed by atoms with Crippen LogP contribution in [0.3, 0.4) is 0 Å². The highest BCUT2D eigenvalue weighted by molar-refractivity contribution is 7.99. The highest BCUT2D eigenvalue weighted by Gasteiger charge is 2.23. The van der Waals surface area contributed by atoms with Gasteiger partial charge < -0.3 is 55.0 Å². The van der Waals surface area contributed by atoms with Gasteiger partial charge in [-0.05, 0) is 191 Å². The summed E-state index contributed by atoms with van der Waals surface area (Å²) in [6.07, 6.45) is 12.3. The Morgan fingerprint density at radius 1 is 0.491 bits per heavy atom. The Bertz CT molecular complexity index is 4660. The van der Waals surface area contributed by atoms with Gasteiger partial charge in [0.05, 0.1) is 44.7 Å². The minimum absolute atomic E-state index is 0.0234. The number of benzene rings is 4. The summed E-state index contributed by atoms with van der Waals surface area (Å²) >= 11 is 14.6. The molecule has 0 radical (unpaired) electrons. The first-order valence-corrected chi connectivity index (χ1v) is 44.2. The summed E-state index contributed by atoms with van der Waals surface area (Å²) in [6.45, 7) is 30.4. The van der Waals surface area contributed by atoms with Crippen LogP contribution in [0.2, 0.25) is 30.1 Å². The van der Waals surface area contributed by atoms with E-state index < -0.39 is 8.07 Å². The highest BCUT2D eigenvalue weighted by Crippen LogP contribution is 2.31. The molecule has 28 nitrogen and oxygen atoms in total. The van der Waals surface area contributed by atoms with E-state index in [1.54, 1.807) is 48.3 Å². The Morgan fingerprint density at radius 2 is 0.982 bits per heavy atom. The molecule has 2 aliphatic carbocycles. The number of ether oxygens (including phenoxy) is 6. The molecule has 4 aromatic carbocycles. The van der Waals surface area contributed by atoms with E-state index in [9.17, 15) is 4.39 Å². The minimum Gasteiger partial charge on any atom is -0.475 e. The van der Waals surface area contributed by atoms with Gasteiger partial charge in [-0.15, -0.1) is 5.10 Å². The fourth-order valence-electron chi connectivity index (χ4n) is 9.75. The number of para-hydroxylation sites is 1. The lowest BCUT2D eigenvalue weighted by atomic mass is 10.2. The molecule has 0 atom stereocenters. The number of hydrogen-bond acceptors (Lipinski definition) is 29. The fraction of sp³-hybridized carbons (Fsp3) is 0.400. The maximum atomic E-state index is 12.8. The number of aryl methyl sites for hydroxylation is 1. The molecule has 34 heteroatoms. The lowest BCUT2D eigenvalue weighted by Gasteiger charge is -2.18. The van der Waals surface area contributed by atoms with Crippen LogP contribution < -0.4 is 55.0 Å². The molecule has 13 rings (SSSR count). The van der Waals surface area contributed by atoms with Gasteiger partial charge >= 0.3 is 18.0 Å². The van der Waals surface area contributed by atoms with E-state index in [0.717, 1.165) is 51.3 Å². The molecule has 0 amide bonds. The lowest BCUT2D eigenvalue weighted by molar-refractivity contribution is 0.221. The first kappa shape index (κ1) is 89.1. The Morgan fingerprint density at radius 3 is 1.51 bits per heavy atom. The van der Waals surface area contributed by atoms with Gasteiger partial charge in [0, 0.05) is 78.3 Å². The zero-order valence-corrected chi connectivity index (χ0v) is 71.6. The number of thioether (sulfide) groups is 1. The van der Waals surface area contributed by atoms with Gasteiger partial charge in [-0.25, -0.2) is 29.0 Å². The lowest BCUT2D eigenvalue weighted by Crippen LogP contribution is -2.31. The molecule has 7 aromatic heterocycles. The number of hydrogen-bond donors (Lipinski definition) is 5. The van der Waals surface area contributed by atoms with E-state index in [-0.39, 0.29) is 59.7 Å². The van der Waals surface area contributed by atoms with Gasteiger partial charge in [0.25, 0.3) is 0 Å². The molecule has 11 aromatic rings. The summed E-state index contributed by atoms with van der Waals surface area (Å²) in [7, 11) is 0.584. The monoisotopic (exact) mass is 1650 g/mol. The summed E-state index contributed by atoms with van der Waals surface area (Å²) < 4.78 is 47.7. The normalized spacial score (nSPS) is 12.3. The quantitative estimate of drug-likeness (QED) is 0.0132. The molecule has 606 valence electrons. The first-order chi connectivity index (χ1) is 54.5. The van der Waals surface area contributed by atoms with Gasteiger partial charge in [-0.1, -0.05) is 135 Å². The van der Waals surface area contributed by atoms with Crippen molar-refractivity contribution in [3.05, 3.63) is 168 Å². The van der Waals surface area contributed by atoms with Crippen molar-refractivity contribution in [1.82, 2.24) is 85.0 Å². The molecular formula is C80H103Cl2FN22O6S2Si. The van der Waals surface area contributed by atoms with E-state index in [1.807, 2.05) is 192 Å². The average molecular weight is 1650 g/mol. The molecule has 7 heterocycles. The Labute approximate surface area is 686 Å². The molecule has 0 aliphatic heterocycles. The van der Waals surface area contributed by atoms with Crippen molar-refractivity contribution < 1.29 is 32.8 Å². The molecular weight excluding hydrogens is 1550 g/mol. The smallest absolute Gasteiger partial charge is 0.322 e. The maximum absolute atomic E-state index is 12.8. The largest absolute Gasteiger partial charge is 0.475 e. The van der Waals surface area contributed by atoms with Crippen LogP contribution in [0.1, 0.15) is 122 Å². The number of tetrazole rings is 1. The van der Waals surface area contributed by atoms with Crippen LogP contribution >= 0.6 is 46.7 Å². The Balaban J connectivity index is 0.000000172. The fourth-order valence-corrected chi connectivity index (χ4v) is 11.9. The topological polar surface area (TPSA) is 327 Å². The van der Waals surface area contributed by atoms with Crippen molar-refractivity contribution in [2.45, 2.75) is 205 Å². The number of rotatable bonds is 28. The predicted molar refractivity (Wildman–Crippen MR) is 454 cm³/mol. The summed E-state index contributed by atoms with van der Waals surface area (Å²) in [5.74, 6) is 6.26. The molecule has 0 bridgehead atoms. The standard InChI is InChI=1S/C17H25N3OSi.C16H19N3O.C13H15N3O.C12H12ClFN4O.C12H18ClN3O.C10H14N6OS2/c1-13(2)21-16-11-15(18-12-22(3,4)5)19-17(20-16)14-9-7-6-8-10-14;1-11(2)20-15-10-14(17-13-8-9-13)18-16(19-15)12-6-4-3-5-7-12;1-10(2)17-13-14-9-8-12(16-13)15-11-6-4-3-5-7-11;1-7(2)19-12-17-10(13)16-11(18-12)15-9-5-3-8(14)4-6-9;1-8(2)17-12-15-10(13)7-11(16-12)14-9-5-3-4-6-9;1-6(2)17-7-5-8(12-9(11-7)18-4)19-10-13-14-15-16(10)3/h6-11,13H,12H2,1-5H3,(H,18,19,20);3-7,10-11,13H,8-9H2,1-2H3,(H,17,18,19);3-10H,1-2H3,(H,14,15,16);3-7H,1-2H3,(H,15,16,17,18);7-9H,3-6H2,1-2H3,(H,14,15,16);5-6H,1-4H3. The van der Waals surface area contributed by atoms with Crippen LogP contribution in [0.15, 0.2) is 167 Å². The second-order valence-electron chi connectivity index (χ2n) is 28.7. The zero-order valence-electron chi connectivity index (χ0n) is 67.5. The zero-order chi connectivity index (χ0) is 82.1. The third kappa shape index (κ3) is 34.1. The van der Waals surface area contributed by atoms with E-state index in [0.29, 0.717) is 74.5 Å². The van der Waals surface area contributed by atoms with Crippen LogP contribution in [-0.2, 0) is 7.05 Å². The molecule has 2 saturated carbocycles. The van der Waals surface area contributed by atoms with Crippen molar-refractivity contribution in [3.63, 3.8) is 0 Å². The van der Waals surface area contributed by atoms with E-state index in [2.05, 4.69) is 127 Å². The van der Waals surface area contributed by atoms with Crippen LogP contribution in [0, 0.1) is 5.82 Å². The van der Waals surface area contributed by atoms with Crippen molar-refractivity contribution in [2.24, 2.45) is 7.05 Å². The van der Waals surface area contributed by atoms with E-state index in [1.165, 1.54) is 74.2 Å². The highest BCUT2D eigenvalue weighted by atomic mass is 35.5. The van der Waals surface area contributed by atoms with Gasteiger partial charge in [0.2, 0.25) is 34.0 Å². The summed E-state index contributed by atoms with van der Waals surface area (Å²) in [4.78, 5) is 55.4. The van der Waals surface area contributed by atoms with E-state index in [4.69, 9.17) is 51.6 Å². The maximum Gasteiger partial charge on any atom is 0.322 e. The van der Waals surface area contributed by atoms with E-state index >= 15 is 0 Å². The van der Waals surface area contributed by atoms with Crippen LogP contribution in [0.4, 0.5) is 45.0 Å². The Hall–Kier alpha value is -10.4. The third-order valence-corrected chi connectivity index (χ3v) is 17.8. The molecule has 114 heavy (non-hydrogen) atoms. The average Bonchev–Trinajstić information content (AvgIpc) is 1.06. The SMILES string of the molecule is CC(C)Oc1cc(NC2CC2)nc(-c2ccccc2)n1.CC(C)Oc1cc(NC[Si](C)(C)C)nc(-c2ccccc2)n1.CC(C)Oc1nc(Cl)cc(NC2CCCC2)n1.CC(C)Oc1nc(Cl)nc(Nc2ccc(F)cc2)n1.CC(C)Oc1nccc(Nc2ccccc2)n1.CSc1nc(OC(C)C)cc(Sc2nnnn2C)n1. The van der Waals surface area contributed by atoms with Gasteiger partial charge in [0.15, 0.2) is 16.8 Å². The van der Waals surface area contributed by atoms with Gasteiger partial charge in [0.1, 0.15) is 39.3 Å². The van der Waals surface area contributed by atoms with Crippen molar-refractivity contribution in [3.8, 4) is 58.4 Å². The van der Waals surface area contributed by atoms with Crippen molar-refractivity contribution >= 4 is 95.4 Å². The molecule has 0 unspecified atom stereocenters. The number of nitrogens with zero attached hydrogens (tertiary/aromatic N) is 17. The number of anilines is 7. The van der Waals surface area contributed by atoms with Gasteiger partial charge in [-0.3, -0.25) is 0 Å². The third-order valence-electron chi connectivity index (χ3n) is 14.7. The molecule has 2 fully saturated rings. The molecule has 0 saturated heterocycles. The first-order valence-electron chi connectivity index (χ1n) is 37.6. The summed E-state index contributed by atoms with van der Waals surface area (Å²) in [6, 6.07) is 46.7. The Kier molecular flexibility index (Phi) is 35.6. The number of halogens is 3. The van der Waals surface area contributed by atoms with Crippen LogP contribution in [0.5, 0.6) is 35.7 Å². The summed E-state index contributed by atoms with van der Waals surface area (Å²) in [5.41, 5.74) is 3.62. The second-order valence-corrected chi connectivity index (χ2v) is 36.6. The minimum atomic E-state index is -1.20. The van der Waals surface area contributed by atoms with Crippen LogP contribution in [-0.4, -0.2) is 154 Å². The van der Waals surface area contributed by atoms with Crippen molar-refractivity contribution in [1.29, 1.82) is 0 Å². The second kappa shape index (κ2) is 45.5. The van der Waals surface area contributed by atoms with Crippen molar-refractivity contribution in [2.75, 3.05) is 39.0 Å². The number of aromatic nitrogens is 17. The molecule has 0 spiro atoms. The van der Waals surface area contributed by atoms with Crippen LogP contribution in [0.25, 0.3) is 22.8 Å². The molecule has 2 aliphatic rings. The number of nitrogens with one attached hydrogen (secondary N) is 5.